The molecule has 0 bridgehead atoms. The highest BCUT2D eigenvalue weighted by atomic mass is 16.5. The van der Waals surface area contributed by atoms with E-state index in [1.54, 1.807) is 0 Å². The van der Waals surface area contributed by atoms with Crippen molar-refractivity contribution < 1.29 is 14.2 Å². The Hall–Kier alpha value is -1.63. The smallest absolute Gasteiger partial charge is 0.193 e. The van der Waals surface area contributed by atoms with Crippen molar-refractivity contribution in [3.05, 3.63) is 35.4 Å². The molecule has 1 N–H and O–H groups in total. The molecule has 0 saturated carbocycles. The van der Waals surface area contributed by atoms with Crippen LogP contribution >= 0.6 is 0 Å². The van der Waals surface area contributed by atoms with Crippen LogP contribution < -0.4 is 5.32 Å². The minimum atomic E-state index is 0.324. The van der Waals surface area contributed by atoms with Crippen LogP contribution in [-0.4, -0.2) is 63.5 Å². The SMILES string of the molecule is CCNC(=NCc1cccc(COC2CCOCC2)c1)N(C)CCC1CCOCC1. The Bertz CT molecular complexity index is 640. The lowest BCUT2D eigenvalue weighted by Crippen LogP contribution is -2.40. The molecule has 2 saturated heterocycles. The van der Waals surface area contributed by atoms with Gasteiger partial charge >= 0.3 is 0 Å². The minimum Gasteiger partial charge on any atom is -0.381 e. The molecule has 6 heteroatoms. The van der Waals surface area contributed by atoms with Crippen LogP contribution in [0.1, 0.15) is 50.2 Å². The molecular formula is C24H39N3O3. The minimum absolute atomic E-state index is 0.324. The zero-order valence-corrected chi connectivity index (χ0v) is 18.8. The van der Waals surface area contributed by atoms with E-state index in [1.807, 2.05) is 0 Å². The first-order valence-electron chi connectivity index (χ1n) is 11.6. The first kappa shape index (κ1) is 23.0. The van der Waals surface area contributed by atoms with E-state index in [-0.39, 0.29) is 0 Å². The molecule has 1 aromatic carbocycles. The Morgan fingerprint density at radius 1 is 1.10 bits per heavy atom. The zero-order valence-electron chi connectivity index (χ0n) is 18.8. The van der Waals surface area contributed by atoms with Crippen molar-refractivity contribution in [1.82, 2.24) is 10.2 Å². The summed E-state index contributed by atoms with van der Waals surface area (Å²) in [6.07, 6.45) is 5.88. The van der Waals surface area contributed by atoms with Gasteiger partial charge in [0.25, 0.3) is 0 Å². The van der Waals surface area contributed by atoms with Crippen LogP contribution in [0.5, 0.6) is 0 Å². The van der Waals surface area contributed by atoms with E-state index < -0.39 is 0 Å². The van der Waals surface area contributed by atoms with E-state index >= 15 is 0 Å². The van der Waals surface area contributed by atoms with Gasteiger partial charge in [-0.05, 0) is 56.1 Å². The standard InChI is InChI=1S/C24H39N3O3/c1-3-25-24(27(2)12-7-20-8-13-28-14-9-20)26-18-21-5-4-6-22(17-21)19-30-23-10-15-29-16-11-23/h4-6,17,20,23H,3,7-16,18-19H2,1-2H3,(H,25,26). The number of benzene rings is 1. The van der Waals surface area contributed by atoms with Crippen LogP contribution in [0.3, 0.4) is 0 Å². The molecule has 168 valence electrons. The Morgan fingerprint density at radius 2 is 1.80 bits per heavy atom. The van der Waals surface area contributed by atoms with Gasteiger partial charge < -0.3 is 24.4 Å². The third-order valence-corrected chi connectivity index (χ3v) is 5.97. The topological polar surface area (TPSA) is 55.3 Å². The zero-order chi connectivity index (χ0) is 21.0. The Kier molecular flexibility index (Phi) is 9.93. The second kappa shape index (κ2) is 12.9. The number of hydrogen-bond donors (Lipinski definition) is 1. The summed E-state index contributed by atoms with van der Waals surface area (Å²) in [4.78, 5) is 7.15. The van der Waals surface area contributed by atoms with E-state index in [2.05, 4.69) is 48.5 Å². The summed E-state index contributed by atoms with van der Waals surface area (Å²) in [5.74, 6) is 1.75. The number of hydrogen-bond acceptors (Lipinski definition) is 4. The summed E-state index contributed by atoms with van der Waals surface area (Å²) in [6.45, 7) is 8.81. The van der Waals surface area contributed by atoms with Gasteiger partial charge in [-0.3, -0.25) is 0 Å². The van der Waals surface area contributed by atoms with Gasteiger partial charge in [0, 0.05) is 46.6 Å². The van der Waals surface area contributed by atoms with Gasteiger partial charge in [0.1, 0.15) is 0 Å². The van der Waals surface area contributed by atoms with E-state index in [9.17, 15) is 0 Å². The van der Waals surface area contributed by atoms with Crippen molar-refractivity contribution >= 4 is 5.96 Å². The largest absolute Gasteiger partial charge is 0.381 e. The Balaban J connectivity index is 1.50. The van der Waals surface area contributed by atoms with Crippen LogP contribution in [0, 0.1) is 5.92 Å². The summed E-state index contributed by atoms with van der Waals surface area (Å²) in [7, 11) is 2.14. The third kappa shape index (κ3) is 7.89. The highest BCUT2D eigenvalue weighted by molar-refractivity contribution is 5.79. The lowest BCUT2D eigenvalue weighted by Gasteiger charge is -2.27. The molecule has 1 aromatic rings. The van der Waals surface area contributed by atoms with Gasteiger partial charge in [-0.2, -0.15) is 0 Å². The molecule has 3 rings (SSSR count). The molecule has 0 aromatic heterocycles. The summed E-state index contributed by atoms with van der Waals surface area (Å²) in [5.41, 5.74) is 2.43. The number of aliphatic imine (C=N–C) groups is 1. The molecular weight excluding hydrogens is 378 g/mol. The predicted octanol–water partition coefficient (Wildman–Crippen LogP) is 3.60. The van der Waals surface area contributed by atoms with Crippen molar-refractivity contribution in [2.24, 2.45) is 10.9 Å². The molecule has 0 radical (unpaired) electrons. The fraction of sp³-hybridized carbons (Fsp3) is 0.708. The first-order valence-corrected chi connectivity index (χ1v) is 11.6. The monoisotopic (exact) mass is 417 g/mol. The molecule has 0 spiro atoms. The average Bonchev–Trinajstić information content (AvgIpc) is 2.80. The lowest BCUT2D eigenvalue weighted by molar-refractivity contribution is -0.0390. The second-order valence-electron chi connectivity index (χ2n) is 8.38. The highest BCUT2D eigenvalue weighted by Gasteiger charge is 2.16. The maximum absolute atomic E-state index is 6.07. The van der Waals surface area contributed by atoms with Crippen molar-refractivity contribution in [2.75, 3.05) is 46.6 Å². The van der Waals surface area contributed by atoms with Crippen molar-refractivity contribution in [2.45, 2.75) is 58.3 Å². The normalized spacial score (nSPS) is 19.1. The van der Waals surface area contributed by atoms with Crippen molar-refractivity contribution in [3.8, 4) is 0 Å². The third-order valence-electron chi connectivity index (χ3n) is 5.97. The van der Waals surface area contributed by atoms with E-state index in [4.69, 9.17) is 19.2 Å². The van der Waals surface area contributed by atoms with Gasteiger partial charge in [-0.15, -0.1) is 0 Å². The Labute approximate surface area is 182 Å². The number of rotatable bonds is 9. The number of nitrogens with one attached hydrogen (secondary N) is 1. The van der Waals surface area contributed by atoms with Gasteiger partial charge in [-0.1, -0.05) is 24.3 Å². The second-order valence-corrected chi connectivity index (χ2v) is 8.38. The molecule has 6 nitrogen and oxygen atoms in total. The van der Waals surface area contributed by atoms with Crippen LogP contribution in [0.15, 0.2) is 29.3 Å². The molecule has 0 aliphatic carbocycles. The Morgan fingerprint density at radius 3 is 2.53 bits per heavy atom. The van der Waals surface area contributed by atoms with Gasteiger partial charge in [0.15, 0.2) is 5.96 Å². The number of nitrogens with zero attached hydrogens (tertiary/aromatic N) is 2. The predicted molar refractivity (Wildman–Crippen MR) is 121 cm³/mol. The average molecular weight is 418 g/mol. The van der Waals surface area contributed by atoms with Crippen LogP contribution in [0.4, 0.5) is 0 Å². The van der Waals surface area contributed by atoms with Crippen LogP contribution in [0.2, 0.25) is 0 Å². The van der Waals surface area contributed by atoms with Crippen LogP contribution in [0.25, 0.3) is 0 Å². The quantitative estimate of drug-likeness (QED) is 0.491. The van der Waals surface area contributed by atoms with Gasteiger partial charge in [0.2, 0.25) is 0 Å². The lowest BCUT2D eigenvalue weighted by atomic mass is 9.96. The highest BCUT2D eigenvalue weighted by Crippen LogP contribution is 2.19. The van der Waals surface area contributed by atoms with E-state index in [0.29, 0.717) is 19.3 Å². The fourth-order valence-electron chi connectivity index (χ4n) is 4.03. The maximum atomic E-state index is 6.07. The first-order chi connectivity index (χ1) is 14.7. The number of guanidine groups is 1. The van der Waals surface area contributed by atoms with E-state index in [0.717, 1.165) is 64.2 Å². The molecule has 0 unspecified atom stereocenters. The molecule has 2 fully saturated rings. The molecule has 0 atom stereocenters. The van der Waals surface area contributed by atoms with Gasteiger partial charge in [-0.25, -0.2) is 4.99 Å². The summed E-state index contributed by atoms with van der Waals surface area (Å²) in [5, 5.41) is 3.44. The summed E-state index contributed by atoms with van der Waals surface area (Å²) in [6, 6.07) is 8.61. The van der Waals surface area contributed by atoms with Crippen LogP contribution in [-0.2, 0) is 27.4 Å². The molecule has 2 heterocycles. The summed E-state index contributed by atoms with van der Waals surface area (Å²) >= 11 is 0. The van der Waals surface area contributed by atoms with E-state index in [1.165, 1.54) is 30.4 Å². The maximum Gasteiger partial charge on any atom is 0.193 e. The van der Waals surface area contributed by atoms with Crippen molar-refractivity contribution in [3.63, 3.8) is 0 Å². The van der Waals surface area contributed by atoms with Crippen molar-refractivity contribution in [1.29, 1.82) is 0 Å². The number of ether oxygens (including phenoxy) is 3. The molecule has 30 heavy (non-hydrogen) atoms. The molecule has 0 amide bonds. The molecule has 2 aliphatic rings. The fourth-order valence-corrected chi connectivity index (χ4v) is 4.03. The van der Waals surface area contributed by atoms with Gasteiger partial charge in [0.05, 0.1) is 19.3 Å². The molecule has 2 aliphatic heterocycles. The summed E-state index contributed by atoms with van der Waals surface area (Å²) < 4.78 is 17.0.